The van der Waals surface area contributed by atoms with Crippen LogP contribution in [0.4, 0.5) is 0 Å². The molecule has 1 saturated heterocycles. The van der Waals surface area contributed by atoms with Crippen LogP contribution in [0.5, 0.6) is 0 Å². The molecular weight excluding hydrogens is 284 g/mol. The molecule has 0 nitrogen and oxygen atoms in total. The minimum atomic E-state index is 0.413. The maximum atomic E-state index is 6.42. The van der Waals surface area contributed by atoms with Crippen molar-refractivity contribution in [3.63, 3.8) is 0 Å². The first kappa shape index (κ1) is 13.8. The third-order valence-corrected chi connectivity index (χ3v) is 6.12. The fourth-order valence-corrected chi connectivity index (χ4v) is 4.97. The number of hydrogen-bond donors (Lipinski definition) is 0. The van der Waals surface area contributed by atoms with Crippen LogP contribution in [0, 0.1) is 0 Å². The van der Waals surface area contributed by atoms with Crippen LogP contribution in [0.2, 0.25) is 5.02 Å². The van der Waals surface area contributed by atoms with Crippen LogP contribution in [0.15, 0.2) is 60.0 Å². The second-order valence-electron chi connectivity index (χ2n) is 5.03. The zero-order chi connectivity index (χ0) is 13.8. The SMILES string of the molecule is Clc1ccccc1C(=C[S+]1CCCC1)c1ccccc1. The lowest BCUT2D eigenvalue weighted by Gasteiger charge is -2.09. The fraction of sp³-hybridized carbons (Fsp3) is 0.222. The van der Waals surface area contributed by atoms with Crippen molar-refractivity contribution in [1.29, 1.82) is 0 Å². The highest BCUT2D eigenvalue weighted by molar-refractivity contribution is 8.00. The number of hydrogen-bond acceptors (Lipinski definition) is 0. The first-order valence-electron chi connectivity index (χ1n) is 7.03. The van der Waals surface area contributed by atoms with Crippen LogP contribution < -0.4 is 0 Å². The Morgan fingerprint density at radius 3 is 2.25 bits per heavy atom. The van der Waals surface area contributed by atoms with Crippen LogP contribution in [0.25, 0.3) is 5.57 Å². The van der Waals surface area contributed by atoms with Crippen molar-refractivity contribution in [3.8, 4) is 0 Å². The maximum Gasteiger partial charge on any atom is 0.127 e. The van der Waals surface area contributed by atoms with Crippen LogP contribution in [-0.4, -0.2) is 11.5 Å². The molecule has 0 aliphatic carbocycles. The van der Waals surface area contributed by atoms with Gasteiger partial charge in [0.05, 0.1) is 0 Å². The molecule has 0 spiro atoms. The monoisotopic (exact) mass is 301 g/mol. The lowest BCUT2D eigenvalue weighted by molar-refractivity contribution is 0.949. The van der Waals surface area contributed by atoms with Crippen LogP contribution in [0.1, 0.15) is 24.0 Å². The van der Waals surface area contributed by atoms with Crippen molar-refractivity contribution in [2.75, 3.05) is 11.5 Å². The van der Waals surface area contributed by atoms with E-state index in [2.05, 4.69) is 47.9 Å². The molecule has 0 amide bonds. The van der Waals surface area contributed by atoms with Gasteiger partial charge in [0.15, 0.2) is 0 Å². The molecule has 0 bridgehead atoms. The Balaban J connectivity index is 2.06. The molecule has 0 aromatic heterocycles. The molecule has 1 aliphatic rings. The summed E-state index contributed by atoms with van der Waals surface area (Å²) in [5.41, 5.74) is 3.71. The largest absolute Gasteiger partial charge is 0.127 e. The fourth-order valence-electron chi connectivity index (χ4n) is 2.55. The van der Waals surface area contributed by atoms with Crippen molar-refractivity contribution in [3.05, 3.63) is 76.2 Å². The summed E-state index contributed by atoms with van der Waals surface area (Å²) in [6.07, 6.45) is 2.73. The molecule has 0 N–H and O–H groups in total. The number of rotatable bonds is 3. The van der Waals surface area contributed by atoms with Crippen molar-refractivity contribution in [2.24, 2.45) is 0 Å². The first-order valence-corrected chi connectivity index (χ1v) is 9.03. The van der Waals surface area contributed by atoms with E-state index in [1.54, 1.807) is 0 Å². The molecule has 2 aromatic carbocycles. The zero-order valence-corrected chi connectivity index (χ0v) is 13.0. The van der Waals surface area contributed by atoms with Gasteiger partial charge in [-0.2, -0.15) is 0 Å². The van der Waals surface area contributed by atoms with Gasteiger partial charge in [0.2, 0.25) is 0 Å². The standard InChI is InChI=1S/C18H18ClS/c19-18-11-5-4-10-16(18)17(14-20-12-6-7-13-20)15-8-2-1-3-9-15/h1-5,8-11,14H,6-7,12-13H2/q+1. The Morgan fingerprint density at radius 2 is 1.55 bits per heavy atom. The molecule has 0 atom stereocenters. The molecule has 0 saturated carbocycles. The smallest absolute Gasteiger partial charge is 0.0837 e. The highest BCUT2D eigenvalue weighted by Gasteiger charge is 2.24. The van der Waals surface area contributed by atoms with Gasteiger partial charge in [-0.3, -0.25) is 0 Å². The molecule has 3 rings (SSSR count). The van der Waals surface area contributed by atoms with Gasteiger partial charge in [0.25, 0.3) is 0 Å². The van der Waals surface area contributed by atoms with E-state index in [0.29, 0.717) is 10.9 Å². The van der Waals surface area contributed by atoms with E-state index in [1.165, 1.54) is 35.5 Å². The topological polar surface area (TPSA) is 0 Å². The Hall–Kier alpha value is -1.18. The summed E-state index contributed by atoms with van der Waals surface area (Å²) in [5.74, 6) is 2.67. The molecule has 1 fully saturated rings. The minimum absolute atomic E-state index is 0.413. The maximum absolute atomic E-state index is 6.42. The predicted molar refractivity (Wildman–Crippen MR) is 91.3 cm³/mol. The Bertz CT molecular complexity index is 598. The van der Waals surface area contributed by atoms with Gasteiger partial charge in [-0.25, -0.2) is 0 Å². The average molecular weight is 302 g/mol. The van der Waals surface area contributed by atoms with E-state index in [9.17, 15) is 0 Å². The molecule has 1 aliphatic heterocycles. The summed E-state index contributed by atoms with van der Waals surface area (Å²) in [5, 5.41) is 3.30. The van der Waals surface area contributed by atoms with E-state index < -0.39 is 0 Å². The van der Waals surface area contributed by atoms with E-state index in [1.807, 2.05) is 12.1 Å². The van der Waals surface area contributed by atoms with E-state index in [-0.39, 0.29) is 0 Å². The van der Waals surface area contributed by atoms with Crippen molar-refractivity contribution < 1.29 is 0 Å². The summed E-state index contributed by atoms with van der Waals surface area (Å²) >= 11 is 6.42. The molecule has 102 valence electrons. The number of benzene rings is 2. The summed E-state index contributed by atoms with van der Waals surface area (Å²) in [6, 6.07) is 18.8. The summed E-state index contributed by atoms with van der Waals surface area (Å²) in [4.78, 5) is 0. The first-order chi connectivity index (χ1) is 9.84. The second kappa shape index (κ2) is 6.51. The highest BCUT2D eigenvalue weighted by atomic mass is 35.5. The van der Waals surface area contributed by atoms with Crippen LogP contribution >= 0.6 is 11.6 Å². The zero-order valence-electron chi connectivity index (χ0n) is 11.4. The summed E-state index contributed by atoms with van der Waals surface area (Å²) in [7, 11) is 0.413. The van der Waals surface area contributed by atoms with E-state index in [0.717, 1.165) is 10.6 Å². The number of halogens is 1. The van der Waals surface area contributed by atoms with Gasteiger partial charge in [0.1, 0.15) is 16.9 Å². The predicted octanol–water partition coefficient (Wildman–Crippen LogP) is 5.14. The molecule has 2 heteroatoms. The van der Waals surface area contributed by atoms with Gasteiger partial charge in [-0.05, 0) is 24.5 Å². The van der Waals surface area contributed by atoms with Crippen molar-refractivity contribution in [1.82, 2.24) is 0 Å². The molecule has 20 heavy (non-hydrogen) atoms. The average Bonchev–Trinajstić information content (AvgIpc) is 3.00. The van der Waals surface area contributed by atoms with E-state index >= 15 is 0 Å². The van der Waals surface area contributed by atoms with Gasteiger partial charge in [0, 0.05) is 27.1 Å². The Labute approximate surface area is 128 Å². The normalized spacial score (nSPS) is 16.6. The van der Waals surface area contributed by atoms with Gasteiger partial charge < -0.3 is 0 Å². The van der Waals surface area contributed by atoms with Crippen molar-refractivity contribution in [2.45, 2.75) is 12.8 Å². The van der Waals surface area contributed by atoms with Gasteiger partial charge in [-0.15, -0.1) is 0 Å². The van der Waals surface area contributed by atoms with Gasteiger partial charge >= 0.3 is 0 Å². The minimum Gasteiger partial charge on any atom is -0.0837 e. The lowest BCUT2D eigenvalue weighted by Crippen LogP contribution is -2.01. The third-order valence-electron chi connectivity index (χ3n) is 3.60. The van der Waals surface area contributed by atoms with Crippen LogP contribution in [0.3, 0.4) is 0 Å². The molecule has 1 heterocycles. The summed E-state index contributed by atoms with van der Waals surface area (Å²) < 4.78 is 0. The highest BCUT2D eigenvalue weighted by Crippen LogP contribution is 2.31. The lowest BCUT2D eigenvalue weighted by atomic mass is 10.00. The Morgan fingerprint density at radius 1 is 0.900 bits per heavy atom. The third kappa shape index (κ3) is 3.11. The van der Waals surface area contributed by atoms with Gasteiger partial charge in [-0.1, -0.05) is 60.1 Å². The molecular formula is C18H18ClS+. The Kier molecular flexibility index (Phi) is 4.49. The molecule has 2 aromatic rings. The van der Waals surface area contributed by atoms with Crippen molar-refractivity contribution >= 4 is 28.1 Å². The summed E-state index contributed by atoms with van der Waals surface area (Å²) in [6.45, 7) is 0. The second-order valence-corrected chi connectivity index (χ2v) is 7.56. The molecule has 0 radical (unpaired) electrons. The molecule has 0 unspecified atom stereocenters. The van der Waals surface area contributed by atoms with E-state index in [4.69, 9.17) is 11.6 Å². The quantitative estimate of drug-likeness (QED) is 0.689. The van der Waals surface area contributed by atoms with Crippen LogP contribution in [-0.2, 0) is 10.9 Å².